The highest BCUT2D eigenvalue weighted by atomic mass is 35.6. The summed E-state index contributed by atoms with van der Waals surface area (Å²) in [6.45, 7) is 0. The summed E-state index contributed by atoms with van der Waals surface area (Å²) in [6, 6.07) is 0. The maximum atomic E-state index is 10.2. The Morgan fingerprint density at radius 2 is 1.62 bits per heavy atom. The molecule has 78 valence electrons. The van der Waals surface area contributed by atoms with Crippen LogP contribution < -0.4 is 0 Å². The number of halogens is 5. The number of aliphatic hydroxyl groups excluding tert-OH is 1. The Morgan fingerprint density at radius 1 is 1.23 bits per heavy atom. The summed E-state index contributed by atoms with van der Waals surface area (Å²) in [7, 11) is 0. The van der Waals surface area contributed by atoms with Gasteiger partial charge in [0.05, 0.1) is 6.42 Å². The first kappa shape index (κ1) is 13.9. The number of alkyl halides is 5. The molecule has 3 nitrogen and oxygen atoms in total. The van der Waals surface area contributed by atoms with Crippen LogP contribution in [0.25, 0.3) is 0 Å². The van der Waals surface area contributed by atoms with Gasteiger partial charge in [-0.25, -0.2) is 0 Å². The second kappa shape index (κ2) is 4.60. The minimum atomic E-state index is -2.13. The second-order valence-corrected chi connectivity index (χ2v) is 6.19. The molecule has 1 unspecified atom stereocenters. The zero-order valence-electron chi connectivity index (χ0n) is 5.98. The van der Waals surface area contributed by atoms with Gasteiger partial charge in [0, 0.05) is 0 Å². The Labute approximate surface area is 99.5 Å². The van der Waals surface area contributed by atoms with Crippen LogP contribution in [0.15, 0.2) is 0 Å². The average molecular weight is 290 g/mol. The number of rotatable bonds is 3. The van der Waals surface area contributed by atoms with E-state index < -0.39 is 26.6 Å². The molecular weight excluding hydrogens is 285 g/mol. The van der Waals surface area contributed by atoms with Crippen molar-refractivity contribution in [3.05, 3.63) is 0 Å². The first-order valence-corrected chi connectivity index (χ1v) is 4.81. The normalized spacial score (nSPS) is 15.5. The monoisotopic (exact) mass is 288 g/mol. The Morgan fingerprint density at radius 3 is 1.85 bits per heavy atom. The lowest BCUT2D eigenvalue weighted by Gasteiger charge is -2.28. The van der Waals surface area contributed by atoms with Crippen LogP contribution in [0.1, 0.15) is 6.42 Å². The highest BCUT2D eigenvalue weighted by Crippen LogP contribution is 2.42. The smallest absolute Gasteiger partial charge is 0.306 e. The van der Waals surface area contributed by atoms with Gasteiger partial charge in [-0.3, -0.25) is 4.79 Å². The fourth-order valence-electron chi connectivity index (χ4n) is 0.538. The summed E-state index contributed by atoms with van der Waals surface area (Å²) in [4.78, 5) is 10.2. The first-order valence-electron chi connectivity index (χ1n) is 2.92. The van der Waals surface area contributed by atoms with Gasteiger partial charge in [-0.05, 0) is 0 Å². The topological polar surface area (TPSA) is 57.5 Å². The van der Waals surface area contributed by atoms with Gasteiger partial charge in [0.2, 0.25) is 3.79 Å². The Balaban J connectivity index is 4.54. The number of aliphatic hydroxyl groups is 1. The van der Waals surface area contributed by atoms with Crippen molar-refractivity contribution in [2.45, 2.75) is 20.7 Å². The van der Waals surface area contributed by atoms with Crippen LogP contribution in [0.3, 0.4) is 0 Å². The van der Waals surface area contributed by atoms with Gasteiger partial charge in [0.1, 0.15) is 6.10 Å². The molecule has 2 N–H and O–H groups in total. The number of carbonyl (C=O) groups is 1. The molecule has 0 aliphatic rings. The van der Waals surface area contributed by atoms with E-state index in [1.807, 2.05) is 0 Å². The summed E-state index contributed by atoms with van der Waals surface area (Å²) in [5, 5.41) is 17.6. The third kappa shape index (κ3) is 4.77. The van der Waals surface area contributed by atoms with Crippen LogP contribution in [0.2, 0.25) is 0 Å². The lowest BCUT2D eigenvalue weighted by atomic mass is 10.2. The Hall–Kier alpha value is 0.880. The SMILES string of the molecule is O=C(O)CC(Cl)(Cl)C(O)C(Cl)(Cl)Cl. The van der Waals surface area contributed by atoms with E-state index in [9.17, 15) is 9.90 Å². The maximum Gasteiger partial charge on any atom is 0.306 e. The van der Waals surface area contributed by atoms with Crippen molar-refractivity contribution in [1.82, 2.24) is 0 Å². The lowest BCUT2D eigenvalue weighted by Crippen LogP contribution is -2.42. The van der Waals surface area contributed by atoms with Gasteiger partial charge in [0.25, 0.3) is 0 Å². The van der Waals surface area contributed by atoms with Crippen LogP contribution in [0, 0.1) is 0 Å². The summed E-state index contributed by atoms with van der Waals surface area (Å²) in [6.07, 6.45) is -2.52. The van der Waals surface area contributed by atoms with E-state index >= 15 is 0 Å². The third-order valence-electron chi connectivity index (χ3n) is 1.10. The summed E-state index contributed by atoms with van der Waals surface area (Å²) in [5.41, 5.74) is 0. The number of carboxylic acid groups (broad SMARTS) is 1. The number of carboxylic acids is 1. The van der Waals surface area contributed by atoms with Crippen LogP contribution >= 0.6 is 58.0 Å². The van der Waals surface area contributed by atoms with E-state index in [0.29, 0.717) is 0 Å². The molecule has 0 aromatic heterocycles. The van der Waals surface area contributed by atoms with E-state index in [4.69, 9.17) is 63.1 Å². The molecule has 0 bridgehead atoms. The first-order chi connectivity index (χ1) is 5.57. The number of hydrogen-bond acceptors (Lipinski definition) is 2. The van der Waals surface area contributed by atoms with E-state index in [0.717, 1.165) is 0 Å². The van der Waals surface area contributed by atoms with E-state index in [1.54, 1.807) is 0 Å². The van der Waals surface area contributed by atoms with E-state index in [2.05, 4.69) is 0 Å². The molecule has 0 heterocycles. The highest BCUT2D eigenvalue weighted by Gasteiger charge is 2.47. The highest BCUT2D eigenvalue weighted by molar-refractivity contribution is 6.69. The fourth-order valence-corrected chi connectivity index (χ4v) is 1.99. The third-order valence-corrected chi connectivity index (χ3v) is 2.40. The van der Waals surface area contributed by atoms with Gasteiger partial charge in [-0.15, -0.1) is 0 Å². The average Bonchev–Trinajstić information content (AvgIpc) is 1.80. The minimum absolute atomic E-state index is 0.731. The largest absolute Gasteiger partial charge is 0.481 e. The maximum absolute atomic E-state index is 10.2. The second-order valence-electron chi connectivity index (χ2n) is 2.28. The molecule has 0 fully saturated rings. The molecule has 0 saturated heterocycles. The molecule has 0 spiro atoms. The molecule has 0 rings (SSSR count). The zero-order chi connectivity index (χ0) is 10.9. The van der Waals surface area contributed by atoms with Gasteiger partial charge in [0.15, 0.2) is 4.33 Å². The summed E-state index contributed by atoms with van der Waals surface area (Å²) in [5.74, 6) is -1.31. The van der Waals surface area contributed by atoms with Crippen molar-refractivity contribution in [2.75, 3.05) is 0 Å². The quantitative estimate of drug-likeness (QED) is 0.785. The standard InChI is InChI=1S/C5H5Cl5O3/c6-4(7,1-2(11)12)3(13)5(8,9)10/h3,13H,1H2,(H,11,12). The molecule has 8 heteroatoms. The number of aliphatic carboxylic acids is 1. The molecule has 0 radical (unpaired) electrons. The van der Waals surface area contributed by atoms with Gasteiger partial charge in [-0.2, -0.15) is 0 Å². The molecule has 1 atom stereocenters. The molecule has 0 aromatic rings. The molecule has 0 aromatic carbocycles. The van der Waals surface area contributed by atoms with Crippen molar-refractivity contribution in [1.29, 1.82) is 0 Å². The van der Waals surface area contributed by atoms with Crippen molar-refractivity contribution in [3.63, 3.8) is 0 Å². The van der Waals surface area contributed by atoms with Crippen LogP contribution in [-0.4, -0.2) is 30.4 Å². The number of hydrogen-bond donors (Lipinski definition) is 2. The fraction of sp³-hybridized carbons (Fsp3) is 0.800. The lowest BCUT2D eigenvalue weighted by molar-refractivity contribution is -0.137. The van der Waals surface area contributed by atoms with Crippen LogP contribution in [0.5, 0.6) is 0 Å². The van der Waals surface area contributed by atoms with E-state index in [-0.39, 0.29) is 0 Å². The molecule has 0 aliphatic heterocycles. The summed E-state index contributed by atoms with van der Waals surface area (Å²) < 4.78 is -4.16. The van der Waals surface area contributed by atoms with Crippen molar-refractivity contribution < 1.29 is 15.0 Å². The van der Waals surface area contributed by atoms with E-state index in [1.165, 1.54) is 0 Å². The van der Waals surface area contributed by atoms with Crippen molar-refractivity contribution in [2.24, 2.45) is 0 Å². The molecular formula is C5H5Cl5O3. The molecule has 0 saturated carbocycles. The van der Waals surface area contributed by atoms with Crippen LogP contribution in [0.4, 0.5) is 0 Å². The predicted molar refractivity (Wildman–Crippen MR) is 53.0 cm³/mol. The van der Waals surface area contributed by atoms with Gasteiger partial charge in [-0.1, -0.05) is 58.0 Å². The molecule has 0 aliphatic carbocycles. The Bertz CT molecular complexity index is 199. The predicted octanol–water partition coefficient (Wildman–Crippen LogP) is 2.37. The van der Waals surface area contributed by atoms with Gasteiger partial charge >= 0.3 is 5.97 Å². The van der Waals surface area contributed by atoms with Crippen molar-refractivity contribution >= 4 is 64.0 Å². The molecule has 13 heavy (non-hydrogen) atoms. The molecule has 0 amide bonds. The minimum Gasteiger partial charge on any atom is -0.481 e. The zero-order valence-corrected chi connectivity index (χ0v) is 9.76. The Kier molecular flexibility index (Phi) is 4.91. The van der Waals surface area contributed by atoms with Crippen molar-refractivity contribution in [3.8, 4) is 0 Å². The summed E-state index contributed by atoms with van der Waals surface area (Å²) >= 11 is 26.7. The van der Waals surface area contributed by atoms with Crippen LogP contribution in [-0.2, 0) is 4.79 Å². The van der Waals surface area contributed by atoms with Gasteiger partial charge < -0.3 is 10.2 Å².